The van der Waals surface area contributed by atoms with E-state index in [2.05, 4.69) is 15.0 Å². The summed E-state index contributed by atoms with van der Waals surface area (Å²) in [5.41, 5.74) is 3.07. The van der Waals surface area contributed by atoms with Gasteiger partial charge in [0.2, 0.25) is 0 Å². The number of carbonyl (C=O) groups excluding carboxylic acids is 1. The van der Waals surface area contributed by atoms with Gasteiger partial charge in [-0.2, -0.15) is 0 Å². The highest BCUT2D eigenvalue weighted by atomic mass is 32.1. The van der Waals surface area contributed by atoms with Crippen LogP contribution in [0.25, 0.3) is 21.1 Å². The maximum atomic E-state index is 13.0. The van der Waals surface area contributed by atoms with Crippen LogP contribution >= 0.6 is 22.7 Å². The SMILES string of the molecule is O=C(Cc1csc(-c2cccnc2)n1)OCc1csc(-c2ccc(F)cc2)n1. The second-order valence-electron chi connectivity index (χ2n) is 5.87. The molecule has 0 saturated heterocycles. The first kappa shape index (κ1) is 18.4. The second kappa shape index (κ2) is 8.37. The molecule has 0 aliphatic rings. The average molecular weight is 411 g/mol. The molecule has 1 aromatic carbocycles. The zero-order valence-corrected chi connectivity index (χ0v) is 16.2. The van der Waals surface area contributed by atoms with Gasteiger partial charge in [-0.3, -0.25) is 9.78 Å². The maximum Gasteiger partial charge on any atom is 0.312 e. The average Bonchev–Trinajstić information content (AvgIpc) is 3.37. The number of hydrogen-bond acceptors (Lipinski definition) is 7. The number of nitrogens with zero attached hydrogens (tertiary/aromatic N) is 3. The van der Waals surface area contributed by atoms with E-state index in [0.29, 0.717) is 11.4 Å². The van der Waals surface area contributed by atoms with E-state index in [1.807, 2.05) is 22.9 Å². The van der Waals surface area contributed by atoms with Crippen molar-refractivity contribution in [2.75, 3.05) is 0 Å². The minimum atomic E-state index is -0.362. The Hall–Kier alpha value is -2.97. The molecule has 0 N–H and O–H groups in total. The fraction of sp³-hybridized carbons (Fsp3) is 0.100. The molecule has 0 aliphatic heterocycles. The summed E-state index contributed by atoms with van der Waals surface area (Å²) in [6.45, 7) is 0.0934. The van der Waals surface area contributed by atoms with Gasteiger partial charge in [0, 0.05) is 34.3 Å². The standard InChI is InChI=1S/C20H14FN3O2S2/c21-15-5-3-13(4-6-15)19-24-17(12-28-19)10-26-18(25)8-16-11-27-20(23-16)14-2-1-7-22-9-14/h1-7,9,11-12H,8,10H2. The van der Waals surface area contributed by atoms with Crippen molar-refractivity contribution in [3.8, 4) is 21.1 Å². The fourth-order valence-corrected chi connectivity index (χ4v) is 4.08. The molecular formula is C20H14FN3O2S2. The predicted octanol–water partition coefficient (Wildman–Crippen LogP) is 4.75. The normalized spacial score (nSPS) is 10.8. The van der Waals surface area contributed by atoms with Crippen LogP contribution in [0.1, 0.15) is 11.4 Å². The Balaban J connectivity index is 1.33. The van der Waals surface area contributed by atoms with Crippen LogP contribution in [-0.2, 0) is 22.6 Å². The summed E-state index contributed by atoms with van der Waals surface area (Å²) in [7, 11) is 0. The van der Waals surface area contributed by atoms with Crippen LogP contribution in [0.15, 0.2) is 59.6 Å². The lowest BCUT2D eigenvalue weighted by Gasteiger charge is -2.01. The van der Waals surface area contributed by atoms with Gasteiger partial charge in [-0.25, -0.2) is 14.4 Å². The molecule has 140 valence electrons. The van der Waals surface area contributed by atoms with Crippen molar-refractivity contribution < 1.29 is 13.9 Å². The largest absolute Gasteiger partial charge is 0.459 e. The van der Waals surface area contributed by atoms with E-state index in [9.17, 15) is 9.18 Å². The quantitative estimate of drug-likeness (QED) is 0.428. The first-order chi connectivity index (χ1) is 13.7. The molecule has 4 aromatic rings. The first-order valence-electron chi connectivity index (χ1n) is 8.38. The van der Waals surface area contributed by atoms with Crippen LogP contribution in [0.5, 0.6) is 0 Å². The summed E-state index contributed by atoms with van der Waals surface area (Å²) in [6.07, 6.45) is 3.54. The van der Waals surface area contributed by atoms with E-state index in [4.69, 9.17) is 4.74 Å². The second-order valence-corrected chi connectivity index (χ2v) is 7.59. The Kier molecular flexibility index (Phi) is 5.50. The van der Waals surface area contributed by atoms with Gasteiger partial charge in [-0.05, 0) is 36.4 Å². The number of thiazole rings is 2. The summed E-state index contributed by atoms with van der Waals surface area (Å²) in [5, 5.41) is 5.25. The lowest BCUT2D eigenvalue weighted by Crippen LogP contribution is -2.08. The van der Waals surface area contributed by atoms with Gasteiger partial charge in [0.25, 0.3) is 0 Å². The molecule has 0 atom stereocenters. The molecule has 28 heavy (non-hydrogen) atoms. The van der Waals surface area contributed by atoms with Crippen LogP contribution < -0.4 is 0 Å². The highest BCUT2D eigenvalue weighted by Gasteiger charge is 2.12. The van der Waals surface area contributed by atoms with Crippen molar-refractivity contribution in [2.24, 2.45) is 0 Å². The van der Waals surface area contributed by atoms with Crippen molar-refractivity contribution in [3.63, 3.8) is 0 Å². The van der Waals surface area contributed by atoms with Gasteiger partial charge >= 0.3 is 5.97 Å². The molecule has 0 fully saturated rings. The van der Waals surface area contributed by atoms with Crippen molar-refractivity contribution in [1.29, 1.82) is 0 Å². The van der Waals surface area contributed by atoms with E-state index in [1.54, 1.807) is 24.5 Å². The van der Waals surface area contributed by atoms with Crippen molar-refractivity contribution in [2.45, 2.75) is 13.0 Å². The highest BCUT2D eigenvalue weighted by molar-refractivity contribution is 7.13. The Labute approximate surface area is 168 Å². The Morgan fingerprint density at radius 2 is 1.68 bits per heavy atom. The van der Waals surface area contributed by atoms with E-state index in [-0.39, 0.29) is 24.8 Å². The minimum Gasteiger partial charge on any atom is -0.459 e. The zero-order valence-electron chi connectivity index (χ0n) is 14.5. The van der Waals surface area contributed by atoms with Crippen molar-refractivity contribution in [3.05, 3.63) is 76.8 Å². The number of ether oxygens (including phenoxy) is 1. The van der Waals surface area contributed by atoms with Gasteiger partial charge < -0.3 is 4.74 Å². The molecule has 5 nitrogen and oxygen atoms in total. The number of hydrogen-bond donors (Lipinski definition) is 0. The molecule has 3 heterocycles. The number of rotatable bonds is 6. The molecule has 0 saturated carbocycles. The first-order valence-corrected chi connectivity index (χ1v) is 10.1. The summed E-state index contributed by atoms with van der Waals surface area (Å²) in [4.78, 5) is 25.1. The lowest BCUT2D eigenvalue weighted by atomic mass is 10.2. The monoisotopic (exact) mass is 411 g/mol. The molecular weight excluding hydrogens is 397 g/mol. The number of esters is 1. The van der Waals surface area contributed by atoms with E-state index in [0.717, 1.165) is 21.1 Å². The van der Waals surface area contributed by atoms with Gasteiger partial charge in [0.15, 0.2) is 0 Å². The topological polar surface area (TPSA) is 65.0 Å². The van der Waals surface area contributed by atoms with Crippen LogP contribution in [0, 0.1) is 5.82 Å². The summed E-state index contributed by atoms with van der Waals surface area (Å²) < 4.78 is 18.3. The molecule has 0 aliphatic carbocycles. The number of benzene rings is 1. The molecule has 0 amide bonds. The third-order valence-electron chi connectivity index (χ3n) is 3.81. The minimum absolute atomic E-state index is 0.0934. The number of pyridine rings is 1. The summed E-state index contributed by atoms with van der Waals surface area (Å²) >= 11 is 2.89. The van der Waals surface area contributed by atoms with Crippen LogP contribution in [0.4, 0.5) is 4.39 Å². The van der Waals surface area contributed by atoms with Gasteiger partial charge in [0.05, 0.1) is 17.8 Å². The zero-order chi connectivity index (χ0) is 19.3. The third kappa shape index (κ3) is 4.47. The summed E-state index contributed by atoms with van der Waals surface area (Å²) in [5.74, 6) is -0.650. The Morgan fingerprint density at radius 3 is 2.43 bits per heavy atom. The molecule has 4 rings (SSSR count). The lowest BCUT2D eigenvalue weighted by molar-refractivity contribution is -0.144. The Bertz CT molecular complexity index is 1080. The van der Waals surface area contributed by atoms with E-state index in [1.165, 1.54) is 34.8 Å². The fourth-order valence-electron chi connectivity index (χ4n) is 2.46. The number of aromatic nitrogens is 3. The number of carbonyl (C=O) groups is 1. The van der Waals surface area contributed by atoms with Gasteiger partial charge in [0.1, 0.15) is 22.4 Å². The van der Waals surface area contributed by atoms with Crippen molar-refractivity contribution in [1.82, 2.24) is 15.0 Å². The van der Waals surface area contributed by atoms with Crippen molar-refractivity contribution >= 4 is 28.6 Å². The van der Waals surface area contributed by atoms with E-state index >= 15 is 0 Å². The summed E-state index contributed by atoms with van der Waals surface area (Å²) in [6, 6.07) is 9.90. The van der Waals surface area contributed by atoms with E-state index < -0.39 is 0 Å². The van der Waals surface area contributed by atoms with Crippen LogP contribution in [-0.4, -0.2) is 20.9 Å². The molecule has 0 unspecified atom stereocenters. The third-order valence-corrected chi connectivity index (χ3v) is 5.69. The van der Waals surface area contributed by atoms with Crippen LogP contribution in [0.3, 0.4) is 0 Å². The molecule has 0 bridgehead atoms. The smallest absolute Gasteiger partial charge is 0.312 e. The Morgan fingerprint density at radius 1 is 0.964 bits per heavy atom. The van der Waals surface area contributed by atoms with Crippen LogP contribution in [0.2, 0.25) is 0 Å². The molecule has 0 spiro atoms. The molecule has 8 heteroatoms. The van der Waals surface area contributed by atoms with Gasteiger partial charge in [-0.1, -0.05) is 0 Å². The molecule has 3 aromatic heterocycles. The maximum absolute atomic E-state index is 13.0. The van der Waals surface area contributed by atoms with Gasteiger partial charge in [-0.15, -0.1) is 22.7 Å². The number of halogens is 1. The molecule has 0 radical (unpaired) electrons. The predicted molar refractivity (Wildman–Crippen MR) is 106 cm³/mol. The highest BCUT2D eigenvalue weighted by Crippen LogP contribution is 2.25.